The highest BCUT2D eigenvalue weighted by Gasteiger charge is 2.07. The Kier molecular flexibility index (Phi) is 4.74. The Morgan fingerprint density at radius 3 is 2.74 bits per heavy atom. The van der Waals surface area contributed by atoms with E-state index in [4.69, 9.17) is 4.74 Å². The van der Waals surface area contributed by atoms with Gasteiger partial charge in [-0.05, 0) is 34.5 Å². The number of benzene rings is 1. The number of aryl methyl sites for hydroxylation is 1. The van der Waals surface area contributed by atoms with Crippen molar-refractivity contribution in [2.45, 2.75) is 19.8 Å². The van der Waals surface area contributed by atoms with Gasteiger partial charge >= 0.3 is 0 Å². The third-order valence-corrected chi connectivity index (χ3v) is 3.19. The van der Waals surface area contributed by atoms with E-state index in [-0.39, 0.29) is 0 Å². The van der Waals surface area contributed by atoms with Crippen molar-refractivity contribution < 1.29 is 4.74 Å². The van der Waals surface area contributed by atoms with Gasteiger partial charge in [0.1, 0.15) is 17.4 Å². The predicted octanol–water partition coefficient (Wildman–Crippen LogP) is 4.03. The van der Waals surface area contributed by atoms with Gasteiger partial charge in [-0.15, -0.1) is 0 Å². The summed E-state index contributed by atoms with van der Waals surface area (Å²) in [6.07, 6.45) is 1.84. The molecule has 4 nitrogen and oxygen atoms in total. The standard InChI is InChI=1S/C14H16BrN3O/c1-3-6-12-17-13(16-2)9-14(18-12)19-11-8-5-4-7-10(11)15/h4-5,7-9H,3,6H2,1-2H3,(H,16,17,18). The molecule has 19 heavy (non-hydrogen) atoms. The molecule has 0 fully saturated rings. The van der Waals surface area contributed by atoms with Crippen LogP contribution in [0.3, 0.4) is 0 Å². The molecule has 0 aliphatic heterocycles. The Labute approximate surface area is 121 Å². The Morgan fingerprint density at radius 2 is 2.05 bits per heavy atom. The maximum atomic E-state index is 5.80. The summed E-state index contributed by atoms with van der Waals surface area (Å²) >= 11 is 3.45. The van der Waals surface area contributed by atoms with E-state index >= 15 is 0 Å². The van der Waals surface area contributed by atoms with Gasteiger partial charge in [-0.1, -0.05) is 19.1 Å². The third-order valence-electron chi connectivity index (χ3n) is 2.53. The van der Waals surface area contributed by atoms with Crippen LogP contribution in [0.15, 0.2) is 34.8 Å². The molecule has 5 heteroatoms. The fraction of sp³-hybridized carbons (Fsp3) is 0.286. The summed E-state index contributed by atoms with van der Waals surface area (Å²) in [7, 11) is 1.83. The van der Waals surface area contributed by atoms with Crippen molar-refractivity contribution in [2.24, 2.45) is 0 Å². The third kappa shape index (κ3) is 3.67. The average molecular weight is 322 g/mol. The first-order valence-corrected chi connectivity index (χ1v) is 7.00. The number of aromatic nitrogens is 2. The fourth-order valence-corrected chi connectivity index (χ4v) is 1.99. The van der Waals surface area contributed by atoms with E-state index in [0.29, 0.717) is 5.88 Å². The average Bonchev–Trinajstić information content (AvgIpc) is 2.41. The molecule has 0 aliphatic rings. The SMILES string of the molecule is CCCc1nc(NC)cc(Oc2ccccc2Br)n1. The summed E-state index contributed by atoms with van der Waals surface area (Å²) in [5, 5.41) is 3.02. The largest absolute Gasteiger partial charge is 0.438 e. The molecule has 0 bridgehead atoms. The number of hydrogen-bond donors (Lipinski definition) is 1. The van der Waals surface area contributed by atoms with Gasteiger partial charge in [0.05, 0.1) is 4.47 Å². The van der Waals surface area contributed by atoms with Crippen molar-refractivity contribution in [1.82, 2.24) is 9.97 Å². The van der Waals surface area contributed by atoms with Crippen LogP contribution in [0.4, 0.5) is 5.82 Å². The summed E-state index contributed by atoms with van der Waals surface area (Å²) in [6, 6.07) is 9.48. The fourth-order valence-electron chi connectivity index (χ4n) is 1.63. The van der Waals surface area contributed by atoms with Crippen molar-refractivity contribution in [3.8, 4) is 11.6 Å². The zero-order valence-corrected chi connectivity index (χ0v) is 12.6. The van der Waals surface area contributed by atoms with Gasteiger partial charge in [-0.2, -0.15) is 4.98 Å². The molecular weight excluding hydrogens is 306 g/mol. The van der Waals surface area contributed by atoms with Gasteiger partial charge in [0.15, 0.2) is 0 Å². The summed E-state index contributed by atoms with van der Waals surface area (Å²) in [5.41, 5.74) is 0. The first-order chi connectivity index (χ1) is 9.22. The van der Waals surface area contributed by atoms with Gasteiger partial charge in [0, 0.05) is 19.5 Å². The van der Waals surface area contributed by atoms with Crippen molar-refractivity contribution in [3.63, 3.8) is 0 Å². The molecule has 100 valence electrons. The minimum absolute atomic E-state index is 0.551. The van der Waals surface area contributed by atoms with Gasteiger partial charge in [-0.3, -0.25) is 0 Å². The van der Waals surface area contributed by atoms with Crippen LogP contribution < -0.4 is 10.1 Å². The molecule has 0 aliphatic carbocycles. The first-order valence-electron chi connectivity index (χ1n) is 6.21. The summed E-state index contributed by atoms with van der Waals surface area (Å²) in [4.78, 5) is 8.81. The van der Waals surface area contributed by atoms with Gasteiger partial charge in [0.2, 0.25) is 5.88 Å². The van der Waals surface area contributed by atoms with Crippen LogP contribution in [0.1, 0.15) is 19.2 Å². The number of para-hydroxylation sites is 1. The van der Waals surface area contributed by atoms with Crippen LogP contribution in [0.2, 0.25) is 0 Å². The Balaban J connectivity index is 2.29. The lowest BCUT2D eigenvalue weighted by Gasteiger charge is -2.09. The van der Waals surface area contributed by atoms with E-state index in [1.54, 1.807) is 6.07 Å². The lowest BCUT2D eigenvalue weighted by molar-refractivity contribution is 0.456. The molecule has 0 spiro atoms. The van der Waals surface area contributed by atoms with Crippen molar-refractivity contribution in [3.05, 3.63) is 40.6 Å². The molecule has 1 N–H and O–H groups in total. The summed E-state index contributed by atoms with van der Waals surface area (Å²) in [5.74, 6) is 2.84. The lowest BCUT2D eigenvalue weighted by atomic mass is 10.3. The van der Waals surface area contributed by atoms with E-state index in [1.807, 2.05) is 31.3 Å². The molecule has 2 aromatic rings. The molecule has 0 unspecified atom stereocenters. The predicted molar refractivity (Wildman–Crippen MR) is 79.8 cm³/mol. The van der Waals surface area contributed by atoms with Crippen molar-refractivity contribution in [1.29, 1.82) is 0 Å². The van der Waals surface area contributed by atoms with Crippen LogP contribution in [-0.2, 0) is 6.42 Å². The topological polar surface area (TPSA) is 47.0 Å². The Hall–Kier alpha value is -1.62. The maximum Gasteiger partial charge on any atom is 0.224 e. The second kappa shape index (κ2) is 6.52. The van der Waals surface area contributed by atoms with Gasteiger partial charge in [-0.25, -0.2) is 4.98 Å². The zero-order valence-electron chi connectivity index (χ0n) is 11.0. The highest BCUT2D eigenvalue weighted by Crippen LogP contribution is 2.29. The quantitative estimate of drug-likeness (QED) is 0.903. The van der Waals surface area contributed by atoms with Crippen LogP contribution in [0, 0.1) is 0 Å². The van der Waals surface area contributed by atoms with Crippen molar-refractivity contribution in [2.75, 3.05) is 12.4 Å². The van der Waals surface area contributed by atoms with Crippen molar-refractivity contribution >= 4 is 21.7 Å². The van der Waals surface area contributed by atoms with E-state index in [0.717, 1.165) is 34.7 Å². The Bertz CT molecular complexity index is 560. The first kappa shape index (κ1) is 13.8. The second-order valence-corrected chi connectivity index (χ2v) is 4.89. The molecule has 0 saturated heterocycles. The number of hydrogen-bond acceptors (Lipinski definition) is 4. The molecule has 0 saturated carbocycles. The smallest absolute Gasteiger partial charge is 0.224 e. The maximum absolute atomic E-state index is 5.80. The zero-order chi connectivity index (χ0) is 13.7. The molecular formula is C14H16BrN3O. The Morgan fingerprint density at radius 1 is 1.26 bits per heavy atom. The van der Waals surface area contributed by atoms with Crippen LogP contribution in [-0.4, -0.2) is 17.0 Å². The number of ether oxygens (including phenoxy) is 1. The number of anilines is 1. The van der Waals surface area contributed by atoms with Gasteiger partial charge in [0.25, 0.3) is 0 Å². The molecule has 0 atom stereocenters. The second-order valence-electron chi connectivity index (χ2n) is 4.04. The molecule has 2 rings (SSSR count). The van der Waals surface area contributed by atoms with Crippen LogP contribution in [0.25, 0.3) is 0 Å². The molecule has 0 radical (unpaired) electrons. The number of rotatable bonds is 5. The van der Waals surface area contributed by atoms with Gasteiger partial charge < -0.3 is 10.1 Å². The minimum Gasteiger partial charge on any atom is -0.438 e. The normalized spacial score (nSPS) is 10.3. The van der Waals surface area contributed by atoms with E-state index in [2.05, 4.69) is 38.1 Å². The molecule has 1 aromatic heterocycles. The molecule has 0 amide bonds. The number of halogens is 1. The van der Waals surface area contributed by atoms with E-state index < -0.39 is 0 Å². The summed E-state index contributed by atoms with van der Waals surface area (Å²) < 4.78 is 6.70. The van der Waals surface area contributed by atoms with Crippen LogP contribution in [0.5, 0.6) is 11.6 Å². The van der Waals surface area contributed by atoms with E-state index in [1.165, 1.54) is 0 Å². The summed E-state index contributed by atoms with van der Waals surface area (Å²) in [6.45, 7) is 2.10. The lowest BCUT2D eigenvalue weighted by Crippen LogP contribution is -2.02. The number of nitrogens with zero attached hydrogens (tertiary/aromatic N) is 2. The van der Waals surface area contributed by atoms with Crippen LogP contribution >= 0.6 is 15.9 Å². The minimum atomic E-state index is 0.551. The molecule has 1 aromatic carbocycles. The highest BCUT2D eigenvalue weighted by atomic mass is 79.9. The number of nitrogens with one attached hydrogen (secondary N) is 1. The highest BCUT2D eigenvalue weighted by molar-refractivity contribution is 9.10. The molecule has 1 heterocycles. The monoisotopic (exact) mass is 321 g/mol. The van der Waals surface area contributed by atoms with E-state index in [9.17, 15) is 0 Å².